The maximum Gasteiger partial charge on any atom is 0.246 e. The summed E-state index contributed by atoms with van der Waals surface area (Å²) < 4.78 is 0. The lowest BCUT2D eigenvalue weighted by Gasteiger charge is -2.30. The van der Waals surface area contributed by atoms with Gasteiger partial charge in [0, 0.05) is 20.0 Å². The smallest absolute Gasteiger partial charge is 0.246 e. The molecule has 18 heavy (non-hydrogen) atoms. The topological polar surface area (TPSA) is 61.4 Å². The first-order valence-electron chi connectivity index (χ1n) is 6.06. The van der Waals surface area contributed by atoms with E-state index < -0.39 is 0 Å². The Morgan fingerprint density at radius 2 is 2.22 bits per heavy atom. The van der Waals surface area contributed by atoms with Crippen LogP contribution in [0.25, 0.3) is 0 Å². The molecule has 1 heterocycles. The van der Waals surface area contributed by atoms with Crippen molar-refractivity contribution in [1.29, 1.82) is 0 Å². The van der Waals surface area contributed by atoms with Gasteiger partial charge in [-0.3, -0.25) is 9.59 Å². The normalized spacial score (nSPS) is 13.8. The van der Waals surface area contributed by atoms with E-state index in [4.69, 9.17) is 0 Å². The van der Waals surface area contributed by atoms with Crippen molar-refractivity contribution in [3.63, 3.8) is 0 Å². The van der Waals surface area contributed by atoms with Gasteiger partial charge in [0.15, 0.2) is 0 Å². The van der Waals surface area contributed by atoms with Crippen molar-refractivity contribution in [3.05, 3.63) is 24.3 Å². The molecule has 0 spiro atoms. The molecule has 0 saturated heterocycles. The number of para-hydroxylation sites is 2. The summed E-state index contributed by atoms with van der Waals surface area (Å²) in [4.78, 5) is 24.8. The molecule has 5 nitrogen and oxygen atoms in total. The molecule has 1 aromatic carbocycles. The third kappa shape index (κ3) is 2.61. The molecule has 1 aliphatic heterocycles. The maximum absolute atomic E-state index is 11.9. The molecule has 0 bridgehead atoms. The predicted octanol–water partition coefficient (Wildman–Crippen LogP) is 0.971. The zero-order chi connectivity index (χ0) is 13.0. The Balaban J connectivity index is 2.03. The highest BCUT2D eigenvalue weighted by molar-refractivity contribution is 6.02. The van der Waals surface area contributed by atoms with Gasteiger partial charge in [0.25, 0.3) is 0 Å². The van der Waals surface area contributed by atoms with Crippen molar-refractivity contribution < 1.29 is 9.59 Å². The third-order valence-electron chi connectivity index (χ3n) is 2.99. The standard InChI is InChI=1S/C13H17N3O2/c1-14-12(17)7-4-8-16-11-6-3-2-5-10(11)15-9-13(16)18/h2-3,5-6,15H,4,7-9H2,1H3,(H,14,17). The van der Waals surface area contributed by atoms with Crippen LogP contribution in [-0.4, -0.2) is 32.0 Å². The summed E-state index contributed by atoms with van der Waals surface area (Å²) >= 11 is 0. The first-order chi connectivity index (χ1) is 8.72. The summed E-state index contributed by atoms with van der Waals surface area (Å²) in [6.07, 6.45) is 1.11. The predicted molar refractivity (Wildman–Crippen MR) is 70.6 cm³/mol. The van der Waals surface area contributed by atoms with Crippen molar-refractivity contribution in [2.75, 3.05) is 30.4 Å². The van der Waals surface area contributed by atoms with Crippen molar-refractivity contribution in [2.45, 2.75) is 12.8 Å². The van der Waals surface area contributed by atoms with Gasteiger partial charge < -0.3 is 15.5 Å². The largest absolute Gasteiger partial charge is 0.374 e. The Morgan fingerprint density at radius 1 is 1.44 bits per heavy atom. The number of anilines is 2. The molecular weight excluding hydrogens is 230 g/mol. The lowest BCUT2D eigenvalue weighted by atomic mass is 10.1. The Hall–Kier alpha value is -2.04. The second kappa shape index (κ2) is 5.53. The molecule has 1 aliphatic rings. The van der Waals surface area contributed by atoms with Gasteiger partial charge in [0.2, 0.25) is 11.8 Å². The second-order valence-electron chi connectivity index (χ2n) is 4.19. The fourth-order valence-electron chi connectivity index (χ4n) is 2.03. The minimum Gasteiger partial charge on any atom is -0.374 e. The molecule has 0 saturated carbocycles. The Bertz CT molecular complexity index is 459. The lowest BCUT2D eigenvalue weighted by molar-refractivity contribution is -0.121. The van der Waals surface area contributed by atoms with Gasteiger partial charge >= 0.3 is 0 Å². The van der Waals surface area contributed by atoms with E-state index >= 15 is 0 Å². The number of carbonyl (C=O) groups excluding carboxylic acids is 2. The van der Waals surface area contributed by atoms with Crippen molar-refractivity contribution in [2.24, 2.45) is 0 Å². The summed E-state index contributed by atoms with van der Waals surface area (Å²) in [6, 6.07) is 7.71. The summed E-state index contributed by atoms with van der Waals surface area (Å²) in [6.45, 7) is 0.891. The van der Waals surface area contributed by atoms with Crippen LogP contribution in [0.3, 0.4) is 0 Å². The van der Waals surface area contributed by atoms with Crippen molar-refractivity contribution >= 4 is 23.2 Å². The van der Waals surface area contributed by atoms with Gasteiger partial charge in [-0.15, -0.1) is 0 Å². The number of hydrogen-bond acceptors (Lipinski definition) is 3. The number of rotatable bonds is 4. The summed E-state index contributed by atoms with van der Waals surface area (Å²) in [5.41, 5.74) is 1.86. The SMILES string of the molecule is CNC(=O)CCCN1C(=O)CNc2ccccc21. The number of nitrogens with one attached hydrogen (secondary N) is 2. The van der Waals surface area contributed by atoms with Gasteiger partial charge in [0.1, 0.15) is 0 Å². The third-order valence-corrected chi connectivity index (χ3v) is 2.99. The molecule has 0 atom stereocenters. The molecule has 1 aromatic rings. The van der Waals surface area contributed by atoms with Crippen LogP contribution < -0.4 is 15.5 Å². The number of carbonyl (C=O) groups is 2. The highest BCUT2D eigenvalue weighted by atomic mass is 16.2. The number of benzene rings is 1. The van der Waals surface area contributed by atoms with E-state index in [1.54, 1.807) is 11.9 Å². The van der Waals surface area contributed by atoms with Crippen LogP contribution in [0.15, 0.2) is 24.3 Å². The summed E-state index contributed by atoms with van der Waals surface area (Å²) in [5.74, 6) is 0.0523. The Morgan fingerprint density at radius 3 is 3.00 bits per heavy atom. The van der Waals surface area contributed by atoms with E-state index in [0.29, 0.717) is 25.9 Å². The number of fused-ring (bicyclic) bond motifs is 1. The van der Waals surface area contributed by atoms with E-state index in [1.807, 2.05) is 24.3 Å². The van der Waals surface area contributed by atoms with Crippen LogP contribution in [0.4, 0.5) is 11.4 Å². The molecular formula is C13H17N3O2. The fourth-order valence-corrected chi connectivity index (χ4v) is 2.03. The second-order valence-corrected chi connectivity index (χ2v) is 4.19. The maximum atomic E-state index is 11.9. The monoisotopic (exact) mass is 247 g/mol. The van der Waals surface area contributed by atoms with E-state index in [-0.39, 0.29) is 11.8 Å². The van der Waals surface area contributed by atoms with Crippen LogP contribution in [0.5, 0.6) is 0 Å². The van der Waals surface area contributed by atoms with E-state index in [2.05, 4.69) is 10.6 Å². The van der Waals surface area contributed by atoms with Gasteiger partial charge in [-0.25, -0.2) is 0 Å². The van der Waals surface area contributed by atoms with Crippen molar-refractivity contribution in [1.82, 2.24) is 5.32 Å². The molecule has 96 valence electrons. The Kier molecular flexibility index (Phi) is 3.82. The molecule has 2 rings (SSSR count). The molecule has 0 radical (unpaired) electrons. The van der Waals surface area contributed by atoms with Crippen LogP contribution in [-0.2, 0) is 9.59 Å². The van der Waals surface area contributed by atoms with E-state index in [0.717, 1.165) is 11.4 Å². The highest BCUT2D eigenvalue weighted by Gasteiger charge is 2.22. The van der Waals surface area contributed by atoms with E-state index in [9.17, 15) is 9.59 Å². The van der Waals surface area contributed by atoms with E-state index in [1.165, 1.54) is 0 Å². The van der Waals surface area contributed by atoms with Crippen LogP contribution in [0.2, 0.25) is 0 Å². The van der Waals surface area contributed by atoms with Crippen LogP contribution >= 0.6 is 0 Å². The zero-order valence-electron chi connectivity index (χ0n) is 10.4. The van der Waals surface area contributed by atoms with Gasteiger partial charge in [0.05, 0.1) is 17.9 Å². The molecule has 2 N–H and O–H groups in total. The van der Waals surface area contributed by atoms with Crippen LogP contribution in [0.1, 0.15) is 12.8 Å². The highest BCUT2D eigenvalue weighted by Crippen LogP contribution is 2.28. The average molecular weight is 247 g/mol. The first kappa shape index (κ1) is 12.4. The minimum atomic E-state index is 0.00543. The number of nitrogens with zero attached hydrogens (tertiary/aromatic N) is 1. The zero-order valence-corrected chi connectivity index (χ0v) is 10.4. The average Bonchev–Trinajstić information content (AvgIpc) is 2.41. The number of amides is 2. The minimum absolute atomic E-state index is 0.00543. The molecule has 0 aliphatic carbocycles. The van der Waals surface area contributed by atoms with Crippen molar-refractivity contribution in [3.8, 4) is 0 Å². The van der Waals surface area contributed by atoms with Gasteiger partial charge in [-0.05, 0) is 18.6 Å². The quantitative estimate of drug-likeness (QED) is 0.833. The summed E-state index contributed by atoms with van der Waals surface area (Å²) in [5, 5.41) is 5.66. The molecule has 0 unspecified atom stereocenters. The summed E-state index contributed by atoms with van der Waals surface area (Å²) in [7, 11) is 1.62. The van der Waals surface area contributed by atoms with Gasteiger partial charge in [-0.2, -0.15) is 0 Å². The molecule has 0 aromatic heterocycles. The number of hydrogen-bond donors (Lipinski definition) is 2. The first-order valence-corrected chi connectivity index (χ1v) is 6.06. The fraction of sp³-hybridized carbons (Fsp3) is 0.385. The molecule has 0 fully saturated rings. The molecule has 5 heteroatoms. The molecule has 2 amide bonds. The lowest BCUT2D eigenvalue weighted by Crippen LogP contribution is -2.40. The van der Waals surface area contributed by atoms with Crippen LogP contribution in [0, 0.1) is 0 Å². The Labute approximate surface area is 106 Å². The van der Waals surface area contributed by atoms with Gasteiger partial charge in [-0.1, -0.05) is 12.1 Å².